The third-order valence-corrected chi connectivity index (χ3v) is 4.03. The summed E-state index contributed by atoms with van der Waals surface area (Å²) in [6.45, 7) is 0.215. The van der Waals surface area contributed by atoms with Crippen molar-refractivity contribution in [1.29, 1.82) is 0 Å². The Morgan fingerprint density at radius 2 is 1.83 bits per heavy atom. The maximum atomic E-state index is 12.9. The lowest BCUT2D eigenvalue weighted by Gasteiger charge is -2.06. The zero-order chi connectivity index (χ0) is 16.7. The molecule has 0 fully saturated rings. The number of nitrogens with zero attached hydrogens (tertiary/aromatic N) is 2. The first-order valence-corrected chi connectivity index (χ1v) is 7.48. The summed E-state index contributed by atoms with van der Waals surface area (Å²) in [6.07, 6.45) is 0. The van der Waals surface area contributed by atoms with Gasteiger partial charge in [-0.3, -0.25) is 4.79 Å². The molecular weight excluding hydrogens is 309 g/mol. The second kappa shape index (κ2) is 5.49. The number of hydrogen-bond donors (Lipinski definition) is 1. The van der Waals surface area contributed by atoms with Crippen molar-refractivity contribution in [3.05, 3.63) is 70.5 Å². The van der Waals surface area contributed by atoms with E-state index in [1.165, 1.54) is 12.1 Å². The monoisotopic (exact) mass is 323 g/mol. The highest BCUT2D eigenvalue weighted by Crippen LogP contribution is 2.21. The van der Waals surface area contributed by atoms with Gasteiger partial charge in [-0.25, -0.2) is 9.37 Å². The van der Waals surface area contributed by atoms with Crippen molar-refractivity contribution in [2.45, 2.75) is 6.61 Å². The summed E-state index contributed by atoms with van der Waals surface area (Å²) in [5.41, 5.74) is 1.23. The summed E-state index contributed by atoms with van der Waals surface area (Å²) in [5.74, 6) is 0.914. The highest BCUT2D eigenvalue weighted by Gasteiger charge is 2.13. The Hall–Kier alpha value is -3.15. The average Bonchev–Trinajstić information content (AvgIpc) is 2.91. The fourth-order valence-corrected chi connectivity index (χ4v) is 2.75. The van der Waals surface area contributed by atoms with Gasteiger partial charge in [0.1, 0.15) is 35.2 Å². The van der Waals surface area contributed by atoms with Crippen LogP contribution >= 0.6 is 0 Å². The topological polar surface area (TPSA) is 59.9 Å². The number of nitrogens with one attached hydrogen (secondary N) is 1. The van der Waals surface area contributed by atoms with Crippen molar-refractivity contribution in [3.63, 3.8) is 0 Å². The third kappa shape index (κ3) is 2.32. The molecule has 6 heteroatoms. The molecule has 0 aliphatic carbocycles. The number of benzene rings is 2. The van der Waals surface area contributed by atoms with Crippen LogP contribution in [0.5, 0.6) is 5.75 Å². The van der Waals surface area contributed by atoms with E-state index in [0.717, 1.165) is 10.9 Å². The number of aryl methyl sites for hydroxylation is 1. The zero-order valence-corrected chi connectivity index (χ0v) is 12.9. The summed E-state index contributed by atoms with van der Waals surface area (Å²) in [4.78, 5) is 19.7. The van der Waals surface area contributed by atoms with E-state index in [4.69, 9.17) is 4.74 Å². The van der Waals surface area contributed by atoms with Gasteiger partial charge in [0.15, 0.2) is 0 Å². The maximum absolute atomic E-state index is 12.9. The molecule has 0 saturated heterocycles. The molecule has 0 aliphatic rings. The van der Waals surface area contributed by atoms with Crippen LogP contribution in [0.25, 0.3) is 21.9 Å². The molecule has 0 aliphatic heterocycles. The molecule has 2 aromatic heterocycles. The fraction of sp³-hybridized carbons (Fsp3) is 0.111. The van der Waals surface area contributed by atoms with Crippen LogP contribution in [-0.4, -0.2) is 14.5 Å². The lowest BCUT2D eigenvalue weighted by atomic mass is 10.1. The lowest BCUT2D eigenvalue weighted by Crippen LogP contribution is -2.08. The number of H-pyrrole nitrogens is 1. The standard InChI is InChI=1S/C18H14FN3O2/c1-22-15(10-24-12-8-6-11(19)7-9-12)20-16-13-4-2-3-5-14(13)18(23)21-17(16)22/h2-9H,10H2,1H3,(H,21,23). The number of imidazole rings is 1. The van der Waals surface area contributed by atoms with Crippen molar-refractivity contribution in [2.75, 3.05) is 0 Å². The predicted molar refractivity (Wildman–Crippen MR) is 89.6 cm³/mol. The van der Waals surface area contributed by atoms with Crippen LogP contribution in [0.15, 0.2) is 53.3 Å². The van der Waals surface area contributed by atoms with E-state index < -0.39 is 0 Å². The van der Waals surface area contributed by atoms with Gasteiger partial charge in [0.2, 0.25) is 0 Å². The van der Waals surface area contributed by atoms with Crippen LogP contribution in [0.3, 0.4) is 0 Å². The number of ether oxygens (including phenoxy) is 1. The van der Waals surface area contributed by atoms with Gasteiger partial charge in [-0.1, -0.05) is 18.2 Å². The van der Waals surface area contributed by atoms with Gasteiger partial charge in [0.05, 0.1) is 0 Å². The van der Waals surface area contributed by atoms with Crippen LogP contribution in [0, 0.1) is 5.82 Å². The second-order valence-corrected chi connectivity index (χ2v) is 5.53. The minimum atomic E-state index is -0.311. The minimum Gasteiger partial charge on any atom is -0.486 e. The summed E-state index contributed by atoms with van der Waals surface area (Å²) < 4.78 is 20.4. The number of aromatic amines is 1. The first-order valence-electron chi connectivity index (χ1n) is 7.48. The quantitative estimate of drug-likeness (QED) is 0.630. The van der Waals surface area contributed by atoms with E-state index >= 15 is 0 Å². The van der Waals surface area contributed by atoms with E-state index in [1.54, 1.807) is 22.8 Å². The first kappa shape index (κ1) is 14.4. The lowest BCUT2D eigenvalue weighted by molar-refractivity contribution is 0.292. The van der Waals surface area contributed by atoms with E-state index in [0.29, 0.717) is 22.6 Å². The van der Waals surface area contributed by atoms with Crippen molar-refractivity contribution in [1.82, 2.24) is 14.5 Å². The second-order valence-electron chi connectivity index (χ2n) is 5.53. The van der Waals surface area contributed by atoms with Crippen LogP contribution in [0.2, 0.25) is 0 Å². The van der Waals surface area contributed by atoms with Crippen LogP contribution in [0.4, 0.5) is 4.39 Å². The maximum Gasteiger partial charge on any atom is 0.257 e. The molecular formula is C18H14FN3O2. The molecule has 1 N–H and O–H groups in total. The van der Waals surface area contributed by atoms with Crippen molar-refractivity contribution < 1.29 is 9.13 Å². The van der Waals surface area contributed by atoms with Gasteiger partial charge in [0.25, 0.3) is 5.56 Å². The molecule has 5 nitrogen and oxygen atoms in total. The number of hydrogen-bond acceptors (Lipinski definition) is 3. The van der Waals surface area contributed by atoms with Crippen LogP contribution in [-0.2, 0) is 13.7 Å². The SMILES string of the molecule is Cn1c(COc2ccc(F)cc2)nc2c3ccccc3c(=O)[nH]c21. The minimum absolute atomic E-state index is 0.146. The van der Waals surface area contributed by atoms with Crippen LogP contribution in [0.1, 0.15) is 5.82 Å². The normalized spacial score (nSPS) is 11.2. The molecule has 120 valence electrons. The van der Waals surface area contributed by atoms with Crippen LogP contribution < -0.4 is 10.3 Å². The molecule has 0 unspecified atom stereocenters. The molecule has 0 saturated carbocycles. The fourth-order valence-electron chi connectivity index (χ4n) is 2.75. The largest absolute Gasteiger partial charge is 0.486 e. The first-order chi connectivity index (χ1) is 11.6. The molecule has 4 aromatic rings. The smallest absolute Gasteiger partial charge is 0.257 e. The van der Waals surface area contributed by atoms with Gasteiger partial charge in [-0.15, -0.1) is 0 Å². The van der Waals surface area contributed by atoms with Crippen molar-refractivity contribution >= 4 is 21.9 Å². The van der Waals surface area contributed by atoms with E-state index in [2.05, 4.69) is 9.97 Å². The molecule has 0 atom stereocenters. The summed E-state index contributed by atoms with van der Waals surface area (Å²) >= 11 is 0. The highest BCUT2D eigenvalue weighted by molar-refractivity contribution is 6.02. The molecule has 0 radical (unpaired) electrons. The Bertz CT molecular complexity index is 1100. The van der Waals surface area contributed by atoms with E-state index in [-0.39, 0.29) is 18.0 Å². The molecule has 24 heavy (non-hydrogen) atoms. The van der Waals surface area contributed by atoms with Gasteiger partial charge in [-0.05, 0) is 30.3 Å². The Balaban J connectivity index is 1.76. The summed E-state index contributed by atoms with van der Waals surface area (Å²) in [7, 11) is 1.82. The predicted octanol–water partition coefficient (Wildman–Crippen LogP) is 3.13. The molecule has 0 spiro atoms. The molecule has 0 bridgehead atoms. The number of fused-ring (bicyclic) bond motifs is 3. The van der Waals surface area contributed by atoms with E-state index in [9.17, 15) is 9.18 Å². The average molecular weight is 323 g/mol. The zero-order valence-electron chi connectivity index (χ0n) is 12.9. The number of aromatic nitrogens is 3. The van der Waals surface area contributed by atoms with Crippen molar-refractivity contribution in [2.24, 2.45) is 7.05 Å². The summed E-state index contributed by atoms with van der Waals surface area (Å²) in [6, 6.07) is 13.2. The van der Waals surface area contributed by atoms with Gasteiger partial charge in [0, 0.05) is 17.8 Å². The molecule has 2 heterocycles. The molecule has 2 aromatic carbocycles. The Morgan fingerprint density at radius 3 is 2.58 bits per heavy atom. The Morgan fingerprint density at radius 1 is 1.12 bits per heavy atom. The van der Waals surface area contributed by atoms with Gasteiger partial charge >= 0.3 is 0 Å². The molecule has 4 rings (SSSR count). The number of halogens is 1. The third-order valence-electron chi connectivity index (χ3n) is 4.03. The van der Waals surface area contributed by atoms with Gasteiger partial charge < -0.3 is 14.3 Å². The highest BCUT2D eigenvalue weighted by atomic mass is 19.1. The Kier molecular flexibility index (Phi) is 3.30. The summed E-state index contributed by atoms with van der Waals surface area (Å²) in [5, 5.41) is 1.41. The Labute approximate surface area is 136 Å². The van der Waals surface area contributed by atoms with Gasteiger partial charge in [-0.2, -0.15) is 0 Å². The molecule has 0 amide bonds. The number of pyridine rings is 1. The number of rotatable bonds is 3. The van der Waals surface area contributed by atoms with Crippen molar-refractivity contribution in [3.8, 4) is 5.75 Å². The van der Waals surface area contributed by atoms with E-state index in [1.807, 2.05) is 25.2 Å².